The molecule has 2 heteroatoms. The number of fused-ring (bicyclic) bond motifs is 1. The SMILES string of the molecule is C[C@H](c1ccccc1)N1COc2ccccc2[C@H]1C. The fourth-order valence-electron chi connectivity index (χ4n) is 2.76. The Labute approximate surface area is 114 Å². The van der Waals surface area contributed by atoms with E-state index in [1.54, 1.807) is 0 Å². The molecule has 2 atom stereocenters. The van der Waals surface area contributed by atoms with Gasteiger partial charge in [0.1, 0.15) is 12.5 Å². The van der Waals surface area contributed by atoms with Crippen molar-refractivity contribution in [1.29, 1.82) is 0 Å². The Hall–Kier alpha value is -1.80. The van der Waals surface area contributed by atoms with Crippen LogP contribution in [0.15, 0.2) is 54.6 Å². The van der Waals surface area contributed by atoms with Gasteiger partial charge in [0.2, 0.25) is 0 Å². The second-order valence-electron chi connectivity index (χ2n) is 5.09. The number of hydrogen-bond acceptors (Lipinski definition) is 2. The van der Waals surface area contributed by atoms with Crippen molar-refractivity contribution in [2.75, 3.05) is 6.73 Å². The molecule has 3 rings (SSSR count). The van der Waals surface area contributed by atoms with Crippen LogP contribution in [0.25, 0.3) is 0 Å². The summed E-state index contributed by atoms with van der Waals surface area (Å²) in [4.78, 5) is 2.39. The van der Waals surface area contributed by atoms with Crippen LogP contribution in [-0.2, 0) is 0 Å². The van der Waals surface area contributed by atoms with Gasteiger partial charge in [-0.05, 0) is 25.5 Å². The lowest BCUT2D eigenvalue weighted by Crippen LogP contribution is -2.37. The molecule has 98 valence electrons. The first-order valence-electron chi connectivity index (χ1n) is 6.80. The van der Waals surface area contributed by atoms with E-state index in [9.17, 15) is 0 Å². The quantitative estimate of drug-likeness (QED) is 0.796. The summed E-state index contributed by atoms with van der Waals surface area (Å²) in [5.41, 5.74) is 2.61. The lowest BCUT2D eigenvalue weighted by Gasteiger charge is -2.39. The molecule has 0 aliphatic carbocycles. The van der Waals surface area contributed by atoms with Crippen LogP contribution in [0.2, 0.25) is 0 Å². The highest BCUT2D eigenvalue weighted by Gasteiger charge is 2.28. The topological polar surface area (TPSA) is 12.5 Å². The summed E-state index contributed by atoms with van der Waals surface area (Å²) in [6.45, 7) is 5.14. The van der Waals surface area contributed by atoms with E-state index in [4.69, 9.17) is 4.74 Å². The Morgan fingerprint density at radius 3 is 2.53 bits per heavy atom. The fraction of sp³-hybridized carbons (Fsp3) is 0.294. The molecule has 0 saturated heterocycles. The highest BCUT2D eigenvalue weighted by molar-refractivity contribution is 5.37. The van der Waals surface area contributed by atoms with Gasteiger partial charge in [-0.25, -0.2) is 0 Å². The van der Waals surface area contributed by atoms with Gasteiger partial charge in [-0.1, -0.05) is 48.5 Å². The number of rotatable bonds is 2. The zero-order valence-corrected chi connectivity index (χ0v) is 11.4. The highest BCUT2D eigenvalue weighted by Crippen LogP contribution is 2.37. The Kier molecular flexibility index (Phi) is 3.26. The van der Waals surface area contributed by atoms with Crippen LogP contribution in [-0.4, -0.2) is 11.6 Å². The Bertz CT molecular complexity index is 552. The number of hydrogen-bond donors (Lipinski definition) is 0. The summed E-state index contributed by atoms with van der Waals surface area (Å²) in [5.74, 6) is 1.02. The average molecular weight is 253 g/mol. The van der Waals surface area contributed by atoms with E-state index in [2.05, 4.69) is 67.3 Å². The van der Waals surface area contributed by atoms with Gasteiger partial charge in [-0.3, -0.25) is 4.90 Å². The summed E-state index contributed by atoms with van der Waals surface area (Å²) in [6.07, 6.45) is 0. The molecule has 0 spiro atoms. The number of ether oxygens (including phenoxy) is 1. The Morgan fingerprint density at radius 2 is 1.74 bits per heavy atom. The van der Waals surface area contributed by atoms with Crippen LogP contribution in [0.5, 0.6) is 5.75 Å². The molecule has 2 aromatic rings. The predicted molar refractivity (Wildman–Crippen MR) is 77.0 cm³/mol. The minimum Gasteiger partial charge on any atom is -0.478 e. The maximum Gasteiger partial charge on any atom is 0.143 e. The van der Waals surface area contributed by atoms with Crippen LogP contribution in [0.1, 0.15) is 37.1 Å². The Morgan fingerprint density at radius 1 is 1.05 bits per heavy atom. The molecule has 1 heterocycles. The number of para-hydroxylation sites is 1. The lowest BCUT2D eigenvalue weighted by molar-refractivity contribution is 0.0321. The minimum absolute atomic E-state index is 0.351. The van der Waals surface area contributed by atoms with E-state index in [1.807, 2.05) is 6.07 Å². The van der Waals surface area contributed by atoms with Gasteiger partial charge in [-0.15, -0.1) is 0 Å². The van der Waals surface area contributed by atoms with Crippen LogP contribution in [0.3, 0.4) is 0 Å². The van der Waals surface area contributed by atoms with Crippen LogP contribution >= 0.6 is 0 Å². The smallest absolute Gasteiger partial charge is 0.143 e. The molecule has 1 aliphatic heterocycles. The zero-order valence-electron chi connectivity index (χ0n) is 11.4. The van der Waals surface area contributed by atoms with Gasteiger partial charge < -0.3 is 4.74 Å². The van der Waals surface area contributed by atoms with Gasteiger partial charge in [0.15, 0.2) is 0 Å². The average Bonchev–Trinajstić information content (AvgIpc) is 2.48. The van der Waals surface area contributed by atoms with E-state index in [0.717, 1.165) is 5.75 Å². The molecule has 0 amide bonds. The van der Waals surface area contributed by atoms with Crippen molar-refractivity contribution in [3.8, 4) is 5.75 Å². The molecule has 2 aromatic carbocycles. The van der Waals surface area contributed by atoms with Gasteiger partial charge >= 0.3 is 0 Å². The molecule has 1 aliphatic rings. The summed E-state index contributed by atoms with van der Waals surface area (Å²) in [6, 6.07) is 19.6. The molecule has 0 saturated carbocycles. The zero-order chi connectivity index (χ0) is 13.2. The van der Waals surface area contributed by atoms with Crippen molar-refractivity contribution in [1.82, 2.24) is 4.90 Å². The second kappa shape index (κ2) is 5.06. The van der Waals surface area contributed by atoms with Crippen LogP contribution in [0, 0.1) is 0 Å². The van der Waals surface area contributed by atoms with E-state index in [1.165, 1.54) is 11.1 Å². The van der Waals surface area contributed by atoms with E-state index >= 15 is 0 Å². The molecular weight excluding hydrogens is 234 g/mol. The van der Waals surface area contributed by atoms with Crippen molar-refractivity contribution in [2.45, 2.75) is 25.9 Å². The summed E-state index contributed by atoms with van der Waals surface area (Å²) in [5, 5.41) is 0. The van der Waals surface area contributed by atoms with Gasteiger partial charge in [0.25, 0.3) is 0 Å². The molecule has 0 radical (unpaired) electrons. The molecular formula is C17H19NO. The lowest BCUT2D eigenvalue weighted by atomic mass is 10.00. The molecule has 0 unspecified atom stereocenters. The van der Waals surface area contributed by atoms with Crippen molar-refractivity contribution >= 4 is 0 Å². The fourth-order valence-corrected chi connectivity index (χ4v) is 2.76. The number of nitrogens with zero attached hydrogens (tertiary/aromatic N) is 1. The van der Waals surface area contributed by atoms with Crippen molar-refractivity contribution in [3.05, 3.63) is 65.7 Å². The van der Waals surface area contributed by atoms with Gasteiger partial charge in [0.05, 0.1) is 0 Å². The molecule has 0 aromatic heterocycles. The van der Waals surface area contributed by atoms with Crippen molar-refractivity contribution in [2.24, 2.45) is 0 Å². The molecule has 0 fully saturated rings. The Balaban J connectivity index is 1.88. The number of benzene rings is 2. The first kappa shape index (κ1) is 12.2. The third-order valence-corrected chi connectivity index (χ3v) is 4.02. The van der Waals surface area contributed by atoms with Gasteiger partial charge in [0, 0.05) is 17.6 Å². The monoisotopic (exact) mass is 253 g/mol. The maximum absolute atomic E-state index is 5.88. The van der Waals surface area contributed by atoms with E-state index < -0.39 is 0 Å². The van der Waals surface area contributed by atoms with Gasteiger partial charge in [-0.2, -0.15) is 0 Å². The third kappa shape index (κ3) is 2.24. The molecule has 2 nitrogen and oxygen atoms in total. The first-order valence-corrected chi connectivity index (χ1v) is 6.80. The summed E-state index contributed by atoms with van der Waals surface area (Å²) < 4.78 is 5.88. The molecule has 0 N–H and O–H groups in total. The standard InChI is InChI=1S/C17H19NO/c1-13(15-8-4-3-5-9-15)18-12-19-17-11-7-6-10-16(17)14(18)2/h3-11,13-14H,12H2,1-2H3/t13-,14-/m1/s1. The van der Waals surface area contributed by atoms with Crippen LogP contribution in [0.4, 0.5) is 0 Å². The highest BCUT2D eigenvalue weighted by atomic mass is 16.5. The molecule has 19 heavy (non-hydrogen) atoms. The third-order valence-electron chi connectivity index (χ3n) is 4.02. The summed E-state index contributed by atoms with van der Waals surface area (Å²) in [7, 11) is 0. The van der Waals surface area contributed by atoms with Crippen molar-refractivity contribution < 1.29 is 4.74 Å². The van der Waals surface area contributed by atoms with E-state index in [-0.39, 0.29) is 0 Å². The predicted octanol–water partition coefficient (Wildman–Crippen LogP) is 4.16. The first-order chi connectivity index (χ1) is 9.27. The van der Waals surface area contributed by atoms with Crippen molar-refractivity contribution in [3.63, 3.8) is 0 Å². The maximum atomic E-state index is 5.88. The van der Waals surface area contributed by atoms with E-state index in [0.29, 0.717) is 18.8 Å². The van der Waals surface area contributed by atoms with Crippen LogP contribution < -0.4 is 4.74 Å². The largest absolute Gasteiger partial charge is 0.478 e. The molecule has 0 bridgehead atoms. The summed E-state index contributed by atoms with van der Waals surface area (Å²) >= 11 is 0. The normalized spacial score (nSPS) is 20.4. The second-order valence-corrected chi connectivity index (χ2v) is 5.09. The minimum atomic E-state index is 0.351.